The van der Waals surface area contributed by atoms with Crippen molar-refractivity contribution in [2.45, 2.75) is 65.2 Å². The Hall–Kier alpha value is -1.26. The second kappa shape index (κ2) is 12.3. The van der Waals surface area contributed by atoms with Gasteiger partial charge in [-0.15, -0.1) is 0 Å². The first-order chi connectivity index (χ1) is 10.8. The van der Waals surface area contributed by atoms with Crippen molar-refractivity contribution < 1.29 is 4.79 Å². The number of guanidine groups is 1. The van der Waals surface area contributed by atoms with Gasteiger partial charge in [0.05, 0.1) is 0 Å². The average molecular weight is 310 g/mol. The van der Waals surface area contributed by atoms with Crippen LogP contribution in [0.25, 0.3) is 0 Å². The summed E-state index contributed by atoms with van der Waals surface area (Å²) in [5.74, 6) is 1.71. The molecule has 22 heavy (non-hydrogen) atoms. The Labute approximate surface area is 135 Å². The van der Waals surface area contributed by atoms with E-state index in [0.717, 1.165) is 37.9 Å². The van der Waals surface area contributed by atoms with Crippen molar-refractivity contribution in [1.82, 2.24) is 16.0 Å². The summed E-state index contributed by atoms with van der Waals surface area (Å²) in [6.45, 7) is 6.73. The van der Waals surface area contributed by atoms with Gasteiger partial charge in [0.25, 0.3) is 0 Å². The van der Waals surface area contributed by atoms with Gasteiger partial charge in [0.2, 0.25) is 5.91 Å². The van der Waals surface area contributed by atoms with E-state index in [-0.39, 0.29) is 12.5 Å². The lowest BCUT2D eigenvalue weighted by Gasteiger charge is -2.12. The van der Waals surface area contributed by atoms with Crippen LogP contribution in [-0.2, 0) is 4.79 Å². The fourth-order valence-corrected chi connectivity index (χ4v) is 2.88. The number of nitrogens with zero attached hydrogens (tertiary/aromatic N) is 1. The van der Waals surface area contributed by atoms with E-state index in [1.165, 1.54) is 44.9 Å². The fourth-order valence-electron chi connectivity index (χ4n) is 2.88. The van der Waals surface area contributed by atoms with E-state index in [9.17, 15) is 4.79 Å². The minimum atomic E-state index is -0.0136. The molecular formula is C17H34N4O. The summed E-state index contributed by atoms with van der Waals surface area (Å²) in [5, 5.41) is 9.34. The SMILES string of the molecule is CCCNC(=O)CN=C(NCC)NCCCCC1CCCC1. The fraction of sp³-hybridized carbons (Fsp3) is 0.882. The highest BCUT2D eigenvalue weighted by Gasteiger charge is 2.13. The lowest BCUT2D eigenvalue weighted by molar-refractivity contribution is -0.119. The van der Waals surface area contributed by atoms with Crippen LogP contribution in [0.3, 0.4) is 0 Å². The van der Waals surface area contributed by atoms with E-state index in [4.69, 9.17) is 0 Å². The van der Waals surface area contributed by atoms with Gasteiger partial charge in [0.15, 0.2) is 5.96 Å². The molecule has 0 bridgehead atoms. The molecule has 0 aromatic carbocycles. The number of unbranched alkanes of at least 4 members (excludes halogenated alkanes) is 1. The third-order valence-electron chi connectivity index (χ3n) is 4.10. The van der Waals surface area contributed by atoms with Gasteiger partial charge in [-0.05, 0) is 25.7 Å². The molecule has 5 nitrogen and oxygen atoms in total. The molecule has 5 heteroatoms. The molecule has 1 rings (SSSR count). The van der Waals surface area contributed by atoms with Crippen LogP contribution in [0.4, 0.5) is 0 Å². The smallest absolute Gasteiger partial charge is 0.241 e. The van der Waals surface area contributed by atoms with Crippen LogP contribution in [0, 0.1) is 5.92 Å². The molecular weight excluding hydrogens is 276 g/mol. The predicted molar refractivity (Wildman–Crippen MR) is 93.1 cm³/mol. The van der Waals surface area contributed by atoms with Gasteiger partial charge in [0.1, 0.15) is 6.54 Å². The number of aliphatic imine (C=N–C) groups is 1. The van der Waals surface area contributed by atoms with E-state index in [1.54, 1.807) is 0 Å². The van der Waals surface area contributed by atoms with Crippen LogP contribution in [0.2, 0.25) is 0 Å². The number of nitrogens with one attached hydrogen (secondary N) is 3. The van der Waals surface area contributed by atoms with Crippen molar-refractivity contribution in [3.05, 3.63) is 0 Å². The molecule has 1 saturated carbocycles. The summed E-state index contributed by atoms with van der Waals surface area (Å²) >= 11 is 0. The Morgan fingerprint density at radius 3 is 2.50 bits per heavy atom. The van der Waals surface area contributed by atoms with Gasteiger partial charge >= 0.3 is 0 Å². The lowest BCUT2D eigenvalue weighted by atomic mass is 10.0. The lowest BCUT2D eigenvalue weighted by Crippen LogP contribution is -2.39. The van der Waals surface area contributed by atoms with E-state index in [2.05, 4.69) is 20.9 Å². The molecule has 0 aromatic rings. The first kappa shape index (κ1) is 18.8. The minimum Gasteiger partial charge on any atom is -0.357 e. The summed E-state index contributed by atoms with van der Waals surface area (Å²) in [6.07, 6.45) is 10.5. The molecule has 1 aliphatic rings. The molecule has 1 aliphatic carbocycles. The van der Waals surface area contributed by atoms with Crippen molar-refractivity contribution in [3.8, 4) is 0 Å². The molecule has 0 aliphatic heterocycles. The van der Waals surface area contributed by atoms with Crippen LogP contribution in [0.5, 0.6) is 0 Å². The normalized spacial score (nSPS) is 15.8. The third-order valence-corrected chi connectivity index (χ3v) is 4.10. The average Bonchev–Trinajstić information content (AvgIpc) is 3.03. The van der Waals surface area contributed by atoms with E-state index >= 15 is 0 Å². The molecule has 128 valence electrons. The zero-order valence-electron chi connectivity index (χ0n) is 14.4. The van der Waals surface area contributed by atoms with Crippen LogP contribution < -0.4 is 16.0 Å². The quantitative estimate of drug-likeness (QED) is 0.330. The number of amides is 1. The van der Waals surface area contributed by atoms with Gasteiger partial charge in [-0.25, -0.2) is 4.99 Å². The first-order valence-electron chi connectivity index (χ1n) is 9.05. The van der Waals surface area contributed by atoms with Gasteiger partial charge in [-0.1, -0.05) is 45.4 Å². The zero-order chi connectivity index (χ0) is 16.0. The van der Waals surface area contributed by atoms with Gasteiger partial charge in [0, 0.05) is 19.6 Å². The van der Waals surface area contributed by atoms with Crippen molar-refractivity contribution in [2.75, 3.05) is 26.2 Å². The maximum atomic E-state index is 11.6. The molecule has 0 atom stereocenters. The van der Waals surface area contributed by atoms with E-state index < -0.39 is 0 Å². The van der Waals surface area contributed by atoms with E-state index in [0.29, 0.717) is 0 Å². The molecule has 0 spiro atoms. The topological polar surface area (TPSA) is 65.5 Å². The molecule has 0 aromatic heterocycles. The zero-order valence-corrected chi connectivity index (χ0v) is 14.4. The highest BCUT2D eigenvalue weighted by atomic mass is 16.1. The highest BCUT2D eigenvalue weighted by molar-refractivity contribution is 5.84. The first-order valence-corrected chi connectivity index (χ1v) is 9.05. The summed E-state index contributed by atoms with van der Waals surface area (Å²) in [4.78, 5) is 15.9. The van der Waals surface area contributed by atoms with Gasteiger partial charge in [-0.3, -0.25) is 4.79 Å². The molecule has 0 heterocycles. The van der Waals surface area contributed by atoms with E-state index in [1.807, 2.05) is 13.8 Å². The molecule has 1 amide bonds. The number of hydrogen-bond donors (Lipinski definition) is 3. The Balaban J connectivity index is 2.14. The number of rotatable bonds is 10. The molecule has 1 fully saturated rings. The van der Waals surface area contributed by atoms with Crippen molar-refractivity contribution >= 4 is 11.9 Å². The summed E-state index contributed by atoms with van der Waals surface area (Å²) in [6, 6.07) is 0. The molecule has 0 unspecified atom stereocenters. The number of carbonyl (C=O) groups is 1. The van der Waals surface area contributed by atoms with Crippen LogP contribution >= 0.6 is 0 Å². The Kier molecular flexibility index (Phi) is 10.5. The standard InChI is InChI=1S/C17H34N4O/c1-3-12-19-16(22)14-21-17(18-4-2)20-13-8-7-11-15-9-5-6-10-15/h15H,3-14H2,1-2H3,(H,19,22)(H2,18,20,21). The second-order valence-corrected chi connectivity index (χ2v) is 6.12. The predicted octanol–water partition coefficient (Wildman–Crippen LogP) is 2.43. The molecule has 0 saturated heterocycles. The minimum absolute atomic E-state index is 0.0136. The van der Waals surface area contributed by atoms with Crippen LogP contribution in [0.15, 0.2) is 4.99 Å². The van der Waals surface area contributed by atoms with Gasteiger partial charge in [-0.2, -0.15) is 0 Å². The summed E-state index contributed by atoms with van der Waals surface area (Å²) < 4.78 is 0. The second-order valence-electron chi connectivity index (χ2n) is 6.12. The Morgan fingerprint density at radius 1 is 1.05 bits per heavy atom. The maximum absolute atomic E-state index is 11.6. The highest BCUT2D eigenvalue weighted by Crippen LogP contribution is 2.28. The molecule has 3 N–H and O–H groups in total. The van der Waals surface area contributed by atoms with Crippen molar-refractivity contribution in [3.63, 3.8) is 0 Å². The van der Waals surface area contributed by atoms with Crippen LogP contribution in [-0.4, -0.2) is 38.0 Å². The number of carbonyl (C=O) groups excluding carboxylic acids is 1. The monoisotopic (exact) mass is 310 g/mol. The van der Waals surface area contributed by atoms with Crippen molar-refractivity contribution in [1.29, 1.82) is 0 Å². The van der Waals surface area contributed by atoms with Gasteiger partial charge < -0.3 is 16.0 Å². The molecule has 0 radical (unpaired) electrons. The van der Waals surface area contributed by atoms with Crippen LogP contribution in [0.1, 0.15) is 65.2 Å². The maximum Gasteiger partial charge on any atom is 0.241 e. The summed E-state index contributed by atoms with van der Waals surface area (Å²) in [5.41, 5.74) is 0. The summed E-state index contributed by atoms with van der Waals surface area (Å²) in [7, 11) is 0. The number of hydrogen-bond acceptors (Lipinski definition) is 2. The Morgan fingerprint density at radius 2 is 1.82 bits per heavy atom. The Bertz CT molecular complexity index is 325. The van der Waals surface area contributed by atoms with Crippen molar-refractivity contribution in [2.24, 2.45) is 10.9 Å². The third kappa shape index (κ3) is 8.90. The largest absolute Gasteiger partial charge is 0.357 e.